The average molecular weight is 287 g/mol. The van der Waals surface area contributed by atoms with Crippen molar-refractivity contribution in [2.45, 2.75) is 12.5 Å². The Morgan fingerprint density at radius 2 is 2.40 bits per heavy atom. The van der Waals surface area contributed by atoms with Gasteiger partial charge in [0.05, 0.1) is 0 Å². The third kappa shape index (κ3) is 2.95. The van der Waals surface area contributed by atoms with Crippen molar-refractivity contribution in [3.63, 3.8) is 0 Å². The second kappa shape index (κ2) is 5.32. The summed E-state index contributed by atoms with van der Waals surface area (Å²) >= 11 is 5.44. The van der Waals surface area contributed by atoms with E-state index in [1.165, 1.54) is 17.2 Å². The maximum absolute atomic E-state index is 4.43. The Morgan fingerprint density at radius 1 is 1.53 bits per heavy atom. The molecule has 82 valence electrons. The number of rotatable bonds is 3. The second-order valence-corrected chi connectivity index (χ2v) is 5.86. The topological polar surface area (TPSA) is 24.9 Å². The van der Waals surface area contributed by atoms with Crippen molar-refractivity contribution in [1.82, 2.24) is 10.3 Å². The van der Waals surface area contributed by atoms with E-state index < -0.39 is 0 Å². The van der Waals surface area contributed by atoms with Crippen LogP contribution in [0.5, 0.6) is 0 Å². The second-order valence-electron chi connectivity index (χ2n) is 3.86. The van der Waals surface area contributed by atoms with Gasteiger partial charge in [-0.15, -0.1) is 0 Å². The summed E-state index contributed by atoms with van der Waals surface area (Å²) in [4.78, 5) is 4.43. The predicted octanol–water partition coefficient (Wildman–Crippen LogP) is 2.34. The zero-order valence-corrected chi connectivity index (χ0v) is 11.1. The van der Waals surface area contributed by atoms with Gasteiger partial charge in [0.1, 0.15) is 0 Å². The first-order valence-corrected chi connectivity index (χ1v) is 7.10. The van der Waals surface area contributed by atoms with Crippen molar-refractivity contribution in [2.24, 2.45) is 5.92 Å². The number of hydrogen-bond acceptors (Lipinski definition) is 3. The summed E-state index contributed by atoms with van der Waals surface area (Å²) in [7, 11) is 2.05. The fourth-order valence-electron chi connectivity index (χ4n) is 1.91. The zero-order valence-electron chi connectivity index (χ0n) is 8.74. The van der Waals surface area contributed by atoms with E-state index in [1.54, 1.807) is 0 Å². The Balaban J connectivity index is 1.99. The van der Waals surface area contributed by atoms with Crippen LogP contribution in [0.2, 0.25) is 0 Å². The molecule has 2 unspecified atom stereocenters. The normalized spacial score (nSPS) is 25.7. The number of pyridine rings is 1. The molecule has 0 aromatic carbocycles. The molecule has 1 aromatic rings. The molecular formula is C11H15BrN2S. The Bertz CT molecular complexity index is 315. The lowest BCUT2D eigenvalue weighted by Gasteiger charge is -2.17. The fraction of sp³-hybridized carbons (Fsp3) is 0.545. The van der Waals surface area contributed by atoms with Crippen LogP contribution in [0.25, 0.3) is 0 Å². The lowest BCUT2D eigenvalue weighted by atomic mass is 9.98. The van der Waals surface area contributed by atoms with Crippen molar-refractivity contribution in [3.8, 4) is 0 Å². The van der Waals surface area contributed by atoms with E-state index in [0.29, 0.717) is 6.04 Å². The molecule has 2 atom stereocenters. The van der Waals surface area contributed by atoms with Gasteiger partial charge < -0.3 is 5.32 Å². The fourth-order valence-corrected chi connectivity index (χ4v) is 3.63. The number of aromatic nitrogens is 1. The van der Waals surface area contributed by atoms with E-state index in [-0.39, 0.29) is 0 Å². The van der Waals surface area contributed by atoms with Crippen LogP contribution >= 0.6 is 27.7 Å². The highest BCUT2D eigenvalue weighted by atomic mass is 79.9. The van der Waals surface area contributed by atoms with E-state index in [4.69, 9.17) is 0 Å². The van der Waals surface area contributed by atoms with Crippen LogP contribution in [-0.4, -0.2) is 29.6 Å². The van der Waals surface area contributed by atoms with Gasteiger partial charge in [0.15, 0.2) is 0 Å². The molecule has 1 aromatic heterocycles. The molecule has 1 aliphatic heterocycles. The maximum Gasteiger partial charge on any atom is 0.0413 e. The SMILES string of the molecule is CNC1CSCC1Cc1ccc(Br)cn1. The maximum atomic E-state index is 4.43. The minimum atomic E-state index is 0.653. The molecule has 1 N–H and O–H groups in total. The van der Waals surface area contributed by atoms with Crippen LogP contribution in [-0.2, 0) is 6.42 Å². The summed E-state index contributed by atoms with van der Waals surface area (Å²) < 4.78 is 1.05. The molecule has 4 heteroatoms. The molecule has 2 rings (SSSR count). The molecule has 0 amide bonds. The lowest BCUT2D eigenvalue weighted by Crippen LogP contribution is -2.33. The summed E-state index contributed by atoms with van der Waals surface area (Å²) in [5.41, 5.74) is 1.20. The van der Waals surface area contributed by atoms with Crippen LogP contribution < -0.4 is 5.32 Å². The van der Waals surface area contributed by atoms with Crippen molar-refractivity contribution < 1.29 is 0 Å². The van der Waals surface area contributed by atoms with Gasteiger partial charge in [-0.25, -0.2) is 0 Å². The van der Waals surface area contributed by atoms with E-state index in [2.05, 4.69) is 45.4 Å². The molecule has 0 spiro atoms. The molecule has 0 bridgehead atoms. The van der Waals surface area contributed by atoms with Gasteiger partial charge in [-0.05, 0) is 53.2 Å². The average Bonchev–Trinajstić information content (AvgIpc) is 2.69. The van der Waals surface area contributed by atoms with Crippen molar-refractivity contribution >= 4 is 27.7 Å². The summed E-state index contributed by atoms with van der Waals surface area (Å²) in [6.07, 6.45) is 2.97. The van der Waals surface area contributed by atoms with Crippen molar-refractivity contribution in [2.75, 3.05) is 18.6 Å². The Labute approximate surface area is 103 Å². The molecule has 15 heavy (non-hydrogen) atoms. The minimum Gasteiger partial charge on any atom is -0.316 e. The Hall–Kier alpha value is -0.0600. The molecule has 0 aliphatic carbocycles. The Morgan fingerprint density at radius 3 is 3.07 bits per heavy atom. The van der Waals surface area contributed by atoms with Gasteiger partial charge in [0.2, 0.25) is 0 Å². The first-order valence-electron chi connectivity index (χ1n) is 5.15. The van der Waals surface area contributed by atoms with Gasteiger partial charge in [-0.2, -0.15) is 11.8 Å². The summed E-state index contributed by atoms with van der Waals surface area (Å²) in [6.45, 7) is 0. The summed E-state index contributed by atoms with van der Waals surface area (Å²) in [5, 5.41) is 3.39. The molecule has 2 nitrogen and oxygen atoms in total. The third-order valence-electron chi connectivity index (χ3n) is 2.83. The van der Waals surface area contributed by atoms with E-state index in [1.807, 2.05) is 18.0 Å². The van der Waals surface area contributed by atoms with E-state index in [9.17, 15) is 0 Å². The van der Waals surface area contributed by atoms with Crippen LogP contribution in [0, 0.1) is 5.92 Å². The number of hydrogen-bond donors (Lipinski definition) is 1. The number of nitrogens with zero attached hydrogens (tertiary/aromatic N) is 1. The highest BCUT2D eigenvalue weighted by Crippen LogP contribution is 2.26. The van der Waals surface area contributed by atoms with Crippen molar-refractivity contribution in [3.05, 3.63) is 28.5 Å². The number of nitrogens with one attached hydrogen (secondary N) is 1. The van der Waals surface area contributed by atoms with Gasteiger partial charge in [-0.1, -0.05) is 0 Å². The summed E-state index contributed by atoms with van der Waals surface area (Å²) in [5.74, 6) is 3.22. The quantitative estimate of drug-likeness (QED) is 0.923. The first kappa shape index (κ1) is 11.4. The van der Waals surface area contributed by atoms with Gasteiger partial charge in [0.25, 0.3) is 0 Å². The predicted molar refractivity (Wildman–Crippen MR) is 69.3 cm³/mol. The molecule has 0 radical (unpaired) electrons. The molecule has 1 aliphatic rings. The number of thioether (sulfide) groups is 1. The highest BCUT2D eigenvalue weighted by Gasteiger charge is 2.26. The van der Waals surface area contributed by atoms with Crippen LogP contribution in [0.1, 0.15) is 5.69 Å². The van der Waals surface area contributed by atoms with Gasteiger partial charge >= 0.3 is 0 Å². The summed E-state index contributed by atoms with van der Waals surface area (Å²) in [6, 6.07) is 4.83. The van der Waals surface area contributed by atoms with Crippen LogP contribution in [0.4, 0.5) is 0 Å². The molecule has 2 heterocycles. The molecule has 1 saturated heterocycles. The monoisotopic (exact) mass is 286 g/mol. The van der Waals surface area contributed by atoms with E-state index >= 15 is 0 Å². The Kier molecular flexibility index (Phi) is 4.05. The highest BCUT2D eigenvalue weighted by molar-refractivity contribution is 9.10. The van der Waals surface area contributed by atoms with Crippen LogP contribution in [0.15, 0.2) is 22.8 Å². The lowest BCUT2D eigenvalue weighted by molar-refractivity contribution is 0.450. The first-order chi connectivity index (χ1) is 7.29. The smallest absolute Gasteiger partial charge is 0.0413 e. The van der Waals surface area contributed by atoms with E-state index in [0.717, 1.165) is 16.8 Å². The zero-order chi connectivity index (χ0) is 10.7. The van der Waals surface area contributed by atoms with Gasteiger partial charge in [0, 0.05) is 28.2 Å². The minimum absolute atomic E-state index is 0.653. The van der Waals surface area contributed by atoms with Gasteiger partial charge in [-0.3, -0.25) is 4.98 Å². The largest absolute Gasteiger partial charge is 0.316 e. The van der Waals surface area contributed by atoms with Crippen LogP contribution in [0.3, 0.4) is 0 Å². The molecular weight excluding hydrogens is 272 g/mol. The third-order valence-corrected chi connectivity index (χ3v) is 4.56. The standard InChI is InChI=1S/C11H15BrN2S/c1-13-11-7-15-6-8(11)4-10-3-2-9(12)5-14-10/h2-3,5,8,11,13H,4,6-7H2,1H3. The molecule has 1 fully saturated rings. The van der Waals surface area contributed by atoms with Crippen molar-refractivity contribution in [1.29, 1.82) is 0 Å². The molecule has 0 saturated carbocycles. The number of halogens is 1.